The van der Waals surface area contributed by atoms with Crippen LogP contribution in [0, 0.1) is 0 Å². The number of esters is 4. The van der Waals surface area contributed by atoms with Crippen molar-refractivity contribution in [3.63, 3.8) is 0 Å². The van der Waals surface area contributed by atoms with Gasteiger partial charge in [0.2, 0.25) is 0 Å². The van der Waals surface area contributed by atoms with Crippen molar-refractivity contribution in [3.8, 4) is 23.0 Å². The molecule has 18 nitrogen and oxygen atoms in total. The lowest BCUT2D eigenvalue weighted by Gasteiger charge is -2.12. The second-order valence-electron chi connectivity index (χ2n) is 9.98. The molecule has 0 radical (unpaired) electrons. The molecule has 0 fully saturated rings. The van der Waals surface area contributed by atoms with E-state index in [1.807, 2.05) is 6.92 Å². The fraction of sp³-hybridized carbons (Fsp3) is 0.636. The SMILES string of the molecule is CCCOCCOCCOc1c(C(=O)OC)sc(C(=O)OC)c1OCCOCCOCCOCCOc1c(C(=O)OC)sc(C(=O)OC)c1OCCO. The highest BCUT2D eigenvalue weighted by Gasteiger charge is 2.32. The van der Waals surface area contributed by atoms with Gasteiger partial charge in [-0.15, -0.1) is 22.7 Å². The molecular weight excluding hydrogens is 748 g/mol. The van der Waals surface area contributed by atoms with E-state index in [0.29, 0.717) is 19.8 Å². The second kappa shape index (κ2) is 26.9. The Bertz CT molecular complexity index is 1390. The van der Waals surface area contributed by atoms with Crippen LogP contribution < -0.4 is 18.9 Å². The molecule has 2 rings (SSSR count). The van der Waals surface area contributed by atoms with Crippen LogP contribution in [0.25, 0.3) is 0 Å². The van der Waals surface area contributed by atoms with E-state index < -0.39 is 23.9 Å². The second-order valence-corrected chi connectivity index (χ2v) is 12.0. The van der Waals surface area contributed by atoms with Crippen LogP contribution in [0.4, 0.5) is 0 Å². The first-order valence-corrected chi connectivity index (χ1v) is 18.1. The molecule has 2 aromatic heterocycles. The van der Waals surface area contributed by atoms with E-state index in [9.17, 15) is 24.3 Å². The Morgan fingerprint density at radius 1 is 0.415 bits per heavy atom. The zero-order valence-corrected chi connectivity index (χ0v) is 32.2. The van der Waals surface area contributed by atoms with Crippen molar-refractivity contribution in [2.75, 3.05) is 128 Å². The minimum Gasteiger partial charge on any atom is -0.486 e. The van der Waals surface area contributed by atoms with Gasteiger partial charge in [0.15, 0.2) is 42.5 Å². The van der Waals surface area contributed by atoms with Crippen LogP contribution in [0.15, 0.2) is 0 Å². The van der Waals surface area contributed by atoms with E-state index in [1.165, 1.54) is 28.4 Å². The van der Waals surface area contributed by atoms with E-state index in [2.05, 4.69) is 0 Å². The summed E-state index contributed by atoms with van der Waals surface area (Å²) in [7, 11) is 4.80. The van der Waals surface area contributed by atoms with E-state index in [0.717, 1.165) is 29.1 Å². The number of methoxy groups -OCH3 is 4. The molecule has 0 aliphatic rings. The summed E-state index contributed by atoms with van der Waals surface area (Å²) >= 11 is 1.62. The number of ether oxygens (including phenoxy) is 13. The monoisotopic (exact) mass is 796 g/mol. The molecule has 0 spiro atoms. The van der Waals surface area contributed by atoms with Crippen molar-refractivity contribution < 1.29 is 85.9 Å². The summed E-state index contributed by atoms with van der Waals surface area (Å²) in [5.41, 5.74) is 0. The van der Waals surface area contributed by atoms with Gasteiger partial charge in [-0.1, -0.05) is 6.92 Å². The molecule has 0 bridgehead atoms. The Morgan fingerprint density at radius 3 is 0.906 bits per heavy atom. The highest BCUT2D eigenvalue weighted by Crippen LogP contribution is 2.44. The lowest BCUT2D eigenvalue weighted by Crippen LogP contribution is -2.15. The summed E-state index contributed by atoms with van der Waals surface area (Å²) < 4.78 is 69.6. The highest BCUT2D eigenvalue weighted by molar-refractivity contribution is 7.17. The number of aliphatic hydroxyl groups is 1. The number of hydrogen-bond acceptors (Lipinski definition) is 20. The molecule has 2 aromatic rings. The van der Waals surface area contributed by atoms with Crippen LogP contribution >= 0.6 is 22.7 Å². The number of aliphatic hydroxyl groups excluding tert-OH is 1. The summed E-state index contributed by atoms with van der Waals surface area (Å²) in [5, 5.41) is 9.17. The van der Waals surface area contributed by atoms with E-state index in [4.69, 9.17) is 61.6 Å². The lowest BCUT2D eigenvalue weighted by atomic mass is 10.3. The number of hydrogen-bond donors (Lipinski definition) is 1. The maximum absolute atomic E-state index is 12.5. The van der Waals surface area contributed by atoms with Gasteiger partial charge in [-0.05, 0) is 6.42 Å². The molecule has 0 unspecified atom stereocenters. The number of rotatable bonds is 30. The fourth-order valence-corrected chi connectivity index (χ4v) is 6.05. The molecule has 0 amide bonds. The summed E-state index contributed by atoms with van der Waals surface area (Å²) in [4.78, 5) is 49.5. The van der Waals surface area contributed by atoms with Gasteiger partial charge < -0.3 is 66.7 Å². The molecule has 0 atom stereocenters. The van der Waals surface area contributed by atoms with Gasteiger partial charge in [-0.2, -0.15) is 0 Å². The molecule has 20 heteroatoms. The number of thiophene rings is 2. The first kappa shape index (κ1) is 45.4. The molecule has 2 heterocycles. The van der Waals surface area contributed by atoms with Crippen LogP contribution in [0.2, 0.25) is 0 Å². The molecule has 0 aromatic carbocycles. The Hall–Kier alpha value is -3.76. The Labute approximate surface area is 315 Å². The third-order valence-electron chi connectivity index (χ3n) is 6.35. The normalized spacial score (nSPS) is 10.8. The zero-order chi connectivity index (χ0) is 38.8. The smallest absolute Gasteiger partial charge is 0.352 e. The largest absolute Gasteiger partial charge is 0.486 e. The van der Waals surface area contributed by atoms with Gasteiger partial charge in [-0.3, -0.25) is 0 Å². The summed E-state index contributed by atoms with van der Waals surface area (Å²) in [6.45, 7) is 4.46. The predicted molar refractivity (Wildman–Crippen MR) is 187 cm³/mol. The standard InChI is InChI=1S/C33H48O18S2/c1-6-8-43-10-11-45-16-20-50-24-25(29(33(38)42-5)53-28(24)32(37)41-4)51-21-18-47-15-13-44-12-14-46-17-19-49-23-22(48-9-7-34)26(30(35)39-2)52-27(23)31(36)40-3/h34H,6-21H2,1-5H3. The summed E-state index contributed by atoms with van der Waals surface area (Å²) in [6.07, 6.45) is 0.909. The maximum atomic E-state index is 12.5. The number of carbonyl (C=O) groups is 4. The van der Waals surface area contributed by atoms with Crippen molar-refractivity contribution in [2.45, 2.75) is 13.3 Å². The van der Waals surface area contributed by atoms with Crippen molar-refractivity contribution >= 4 is 46.6 Å². The van der Waals surface area contributed by atoms with E-state index in [1.54, 1.807) is 0 Å². The third-order valence-corrected chi connectivity index (χ3v) is 8.58. The van der Waals surface area contributed by atoms with Crippen LogP contribution in [0.5, 0.6) is 23.0 Å². The van der Waals surface area contributed by atoms with Crippen molar-refractivity contribution in [2.24, 2.45) is 0 Å². The van der Waals surface area contributed by atoms with Gasteiger partial charge >= 0.3 is 23.9 Å². The Kier molecular flexibility index (Phi) is 23.1. The van der Waals surface area contributed by atoms with Gasteiger partial charge in [-0.25, -0.2) is 19.2 Å². The topological polar surface area (TPSA) is 208 Å². The predicted octanol–water partition coefficient (Wildman–Crippen LogP) is 2.66. The highest BCUT2D eigenvalue weighted by atomic mass is 32.1. The fourth-order valence-electron chi connectivity index (χ4n) is 4.00. The minimum absolute atomic E-state index is 0.00123. The van der Waals surface area contributed by atoms with Gasteiger partial charge in [0.05, 0.1) is 94.5 Å². The average Bonchev–Trinajstić information content (AvgIpc) is 3.73. The Balaban J connectivity index is 1.76. The van der Waals surface area contributed by atoms with Crippen LogP contribution in [0.3, 0.4) is 0 Å². The quantitative estimate of drug-likeness (QED) is 0.0685. The molecule has 53 heavy (non-hydrogen) atoms. The van der Waals surface area contributed by atoms with Crippen LogP contribution in [0.1, 0.15) is 52.0 Å². The van der Waals surface area contributed by atoms with E-state index in [-0.39, 0.29) is 122 Å². The van der Waals surface area contributed by atoms with Crippen molar-refractivity contribution in [1.29, 1.82) is 0 Å². The molecule has 300 valence electrons. The van der Waals surface area contributed by atoms with Crippen LogP contribution in [-0.2, 0) is 42.6 Å². The summed E-state index contributed by atoms with van der Waals surface area (Å²) in [6, 6.07) is 0. The molecule has 0 aliphatic carbocycles. The van der Waals surface area contributed by atoms with Gasteiger partial charge in [0.1, 0.15) is 26.4 Å². The zero-order valence-electron chi connectivity index (χ0n) is 30.5. The molecule has 0 aliphatic heterocycles. The van der Waals surface area contributed by atoms with Gasteiger partial charge in [0, 0.05) is 6.61 Å². The molecular formula is C33H48O18S2. The van der Waals surface area contributed by atoms with Crippen molar-refractivity contribution in [1.82, 2.24) is 0 Å². The van der Waals surface area contributed by atoms with Gasteiger partial charge in [0.25, 0.3) is 0 Å². The maximum Gasteiger partial charge on any atom is 0.352 e. The van der Waals surface area contributed by atoms with E-state index >= 15 is 0 Å². The minimum atomic E-state index is -0.738. The molecule has 0 saturated heterocycles. The molecule has 1 N–H and O–H groups in total. The first-order valence-electron chi connectivity index (χ1n) is 16.5. The number of carbonyl (C=O) groups excluding carboxylic acids is 4. The van der Waals surface area contributed by atoms with Crippen LogP contribution in [-0.4, -0.2) is 157 Å². The molecule has 0 saturated carbocycles. The Morgan fingerprint density at radius 2 is 0.660 bits per heavy atom. The lowest BCUT2D eigenvalue weighted by molar-refractivity contribution is 0.00452. The third kappa shape index (κ3) is 15.3. The first-order chi connectivity index (χ1) is 25.8. The average molecular weight is 797 g/mol. The summed E-state index contributed by atoms with van der Waals surface area (Å²) in [5.74, 6) is -2.85. The van der Waals surface area contributed by atoms with Crippen molar-refractivity contribution in [3.05, 3.63) is 19.5 Å².